The highest BCUT2D eigenvalue weighted by Gasteiger charge is 2.37. The van der Waals surface area contributed by atoms with E-state index in [2.05, 4.69) is 4.98 Å². The third-order valence-electron chi connectivity index (χ3n) is 3.89. The van der Waals surface area contributed by atoms with Crippen molar-refractivity contribution in [1.29, 1.82) is 0 Å². The minimum Gasteiger partial charge on any atom is -0.327 e. The fraction of sp³-hybridized carbons (Fsp3) is 0.375. The maximum absolute atomic E-state index is 12.9. The van der Waals surface area contributed by atoms with Crippen LogP contribution in [0.3, 0.4) is 0 Å². The summed E-state index contributed by atoms with van der Waals surface area (Å²) in [6.07, 6.45) is 2.07. The van der Waals surface area contributed by atoms with Crippen LogP contribution in [0.5, 0.6) is 0 Å². The predicted octanol–water partition coefficient (Wildman–Crippen LogP) is 4.04. The topological polar surface area (TPSA) is 59.2 Å². The molecule has 1 heterocycles. The Morgan fingerprint density at radius 3 is 2.74 bits per heavy atom. The van der Waals surface area contributed by atoms with Gasteiger partial charge in [-0.2, -0.15) is 0 Å². The molecule has 0 saturated heterocycles. The summed E-state index contributed by atoms with van der Waals surface area (Å²) in [5.41, 5.74) is 7.04. The average Bonchev–Trinajstić information content (AvgIpc) is 3.23. The van der Waals surface area contributed by atoms with Crippen molar-refractivity contribution in [2.75, 3.05) is 0 Å². The van der Waals surface area contributed by atoms with Crippen LogP contribution >= 0.6 is 35.3 Å². The van der Waals surface area contributed by atoms with E-state index in [0.29, 0.717) is 17.3 Å². The lowest BCUT2D eigenvalue weighted by Crippen LogP contribution is -2.36. The second kappa shape index (κ2) is 7.62. The van der Waals surface area contributed by atoms with E-state index < -0.39 is 0 Å². The minimum absolute atomic E-state index is 0. The van der Waals surface area contributed by atoms with Crippen LogP contribution in [0.15, 0.2) is 29.6 Å². The Balaban J connectivity index is 0.00000192. The number of amides is 1. The van der Waals surface area contributed by atoms with Crippen molar-refractivity contribution < 1.29 is 4.79 Å². The lowest BCUT2D eigenvalue weighted by molar-refractivity contribution is 0.0668. The molecule has 23 heavy (non-hydrogen) atoms. The highest BCUT2D eigenvalue weighted by Crippen LogP contribution is 2.37. The smallest absolute Gasteiger partial charge is 0.274 e. The van der Waals surface area contributed by atoms with Gasteiger partial charge < -0.3 is 10.6 Å². The third-order valence-corrected chi connectivity index (χ3v) is 5.11. The van der Waals surface area contributed by atoms with Gasteiger partial charge in [0.15, 0.2) is 0 Å². The van der Waals surface area contributed by atoms with Gasteiger partial charge in [-0.3, -0.25) is 4.79 Å². The zero-order valence-electron chi connectivity index (χ0n) is 12.7. The summed E-state index contributed by atoms with van der Waals surface area (Å²) in [6.45, 7) is 2.38. The summed E-state index contributed by atoms with van der Waals surface area (Å²) in [5, 5.41) is 3.26. The summed E-state index contributed by atoms with van der Waals surface area (Å²) in [6, 6.07) is 7.89. The first-order chi connectivity index (χ1) is 10.6. The lowest BCUT2D eigenvalue weighted by atomic mass is 10.1. The fourth-order valence-electron chi connectivity index (χ4n) is 2.61. The second-order valence-electron chi connectivity index (χ2n) is 5.47. The van der Waals surface area contributed by atoms with E-state index in [1.165, 1.54) is 11.3 Å². The van der Waals surface area contributed by atoms with Gasteiger partial charge in [0, 0.05) is 23.0 Å². The number of nitrogens with zero attached hydrogens (tertiary/aromatic N) is 2. The van der Waals surface area contributed by atoms with E-state index in [4.69, 9.17) is 17.3 Å². The Labute approximate surface area is 151 Å². The van der Waals surface area contributed by atoms with E-state index in [9.17, 15) is 4.79 Å². The Kier molecular flexibility index (Phi) is 6.03. The van der Waals surface area contributed by atoms with Gasteiger partial charge in [-0.05, 0) is 31.4 Å². The summed E-state index contributed by atoms with van der Waals surface area (Å²) in [4.78, 5) is 19.1. The van der Waals surface area contributed by atoms with Crippen molar-refractivity contribution in [2.45, 2.75) is 38.4 Å². The molecule has 1 aromatic carbocycles. The number of benzene rings is 1. The maximum atomic E-state index is 12.9. The van der Waals surface area contributed by atoms with E-state index >= 15 is 0 Å². The zero-order chi connectivity index (χ0) is 15.7. The number of carbonyl (C=O) groups is 1. The molecule has 0 aliphatic heterocycles. The molecule has 1 saturated carbocycles. The van der Waals surface area contributed by atoms with Gasteiger partial charge >= 0.3 is 0 Å². The Morgan fingerprint density at radius 2 is 2.17 bits per heavy atom. The van der Waals surface area contributed by atoms with Crippen LogP contribution < -0.4 is 5.73 Å². The Bertz CT molecular complexity index is 687. The first kappa shape index (κ1) is 18.2. The van der Waals surface area contributed by atoms with E-state index in [1.54, 1.807) is 5.38 Å². The van der Waals surface area contributed by atoms with Gasteiger partial charge in [-0.15, -0.1) is 23.7 Å². The Hall–Kier alpha value is -1.14. The molecular weight excluding hydrogens is 353 g/mol. The zero-order valence-corrected chi connectivity index (χ0v) is 15.1. The van der Waals surface area contributed by atoms with Crippen molar-refractivity contribution in [2.24, 2.45) is 5.73 Å². The SMILES string of the molecule is CC(c1ccccc1Cl)N(C(=O)c1csc(CN)n1)C1CC1.Cl. The summed E-state index contributed by atoms with van der Waals surface area (Å²) < 4.78 is 0. The summed E-state index contributed by atoms with van der Waals surface area (Å²) >= 11 is 7.73. The van der Waals surface area contributed by atoms with Gasteiger partial charge in [0.05, 0.1) is 6.04 Å². The second-order valence-corrected chi connectivity index (χ2v) is 6.82. The van der Waals surface area contributed by atoms with Crippen molar-refractivity contribution in [3.05, 3.63) is 50.9 Å². The molecule has 1 aromatic heterocycles. The minimum atomic E-state index is -0.0725. The first-order valence-electron chi connectivity index (χ1n) is 7.33. The van der Waals surface area contributed by atoms with Crippen LogP contribution in [0.25, 0.3) is 0 Å². The van der Waals surface area contributed by atoms with E-state index in [0.717, 1.165) is 23.4 Å². The molecule has 1 fully saturated rings. The monoisotopic (exact) mass is 371 g/mol. The largest absolute Gasteiger partial charge is 0.327 e. The number of aromatic nitrogens is 1. The molecular formula is C16H19Cl2N3OS. The average molecular weight is 372 g/mol. The van der Waals surface area contributed by atoms with E-state index in [1.807, 2.05) is 36.1 Å². The molecule has 0 spiro atoms. The van der Waals surface area contributed by atoms with Gasteiger partial charge in [0.2, 0.25) is 0 Å². The molecule has 0 radical (unpaired) electrons. The number of carbonyl (C=O) groups excluding carboxylic acids is 1. The molecule has 124 valence electrons. The molecule has 2 N–H and O–H groups in total. The van der Waals surface area contributed by atoms with Crippen LogP contribution in [0, 0.1) is 0 Å². The fourth-order valence-corrected chi connectivity index (χ4v) is 3.55. The molecule has 1 unspecified atom stereocenters. The quantitative estimate of drug-likeness (QED) is 0.862. The summed E-state index contributed by atoms with van der Waals surface area (Å²) in [7, 11) is 0. The molecule has 1 aliphatic rings. The van der Waals surface area contributed by atoms with Crippen LogP contribution in [0.4, 0.5) is 0 Å². The number of hydrogen-bond donors (Lipinski definition) is 1. The van der Waals surface area contributed by atoms with Crippen LogP contribution in [-0.4, -0.2) is 21.8 Å². The van der Waals surface area contributed by atoms with Gasteiger partial charge in [-0.25, -0.2) is 4.98 Å². The molecule has 3 rings (SSSR count). The van der Waals surface area contributed by atoms with Gasteiger partial charge in [0.25, 0.3) is 5.91 Å². The van der Waals surface area contributed by atoms with Gasteiger partial charge in [0.1, 0.15) is 10.7 Å². The highest BCUT2D eigenvalue weighted by molar-refractivity contribution is 7.09. The van der Waals surface area contributed by atoms with Crippen LogP contribution in [0.1, 0.15) is 46.9 Å². The summed E-state index contributed by atoms with van der Waals surface area (Å²) in [5.74, 6) is -0.0362. The molecule has 1 aliphatic carbocycles. The van der Waals surface area contributed by atoms with E-state index in [-0.39, 0.29) is 30.4 Å². The van der Waals surface area contributed by atoms with Crippen LogP contribution in [-0.2, 0) is 6.54 Å². The maximum Gasteiger partial charge on any atom is 0.274 e. The van der Waals surface area contributed by atoms with Crippen molar-refractivity contribution in [1.82, 2.24) is 9.88 Å². The Morgan fingerprint density at radius 1 is 1.48 bits per heavy atom. The lowest BCUT2D eigenvalue weighted by Gasteiger charge is -2.29. The van der Waals surface area contributed by atoms with Gasteiger partial charge in [-0.1, -0.05) is 29.8 Å². The number of thiazole rings is 1. The molecule has 2 aromatic rings. The molecule has 7 heteroatoms. The molecule has 0 bridgehead atoms. The van der Waals surface area contributed by atoms with Crippen molar-refractivity contribution in [3.8, 4) is 0 Å². The normalized spacial score (nSPS) is 14.9. The highest BCUT2D eigenvalue weighted by atomic mass is 35.5. The first-order valence-corrected chi connectivity index (χ1v) is 8.59. The molecule has 1 amide bonds. The predicted molar refractivity (Wildman–Crippen MR) is 96.3 cm³/mol. The van der Waals surface area contributed by atoms with Crippen LogP contribution in [0.2, 0.25) is 5.02 Å². The van der Waals surface area contributed by atoms with Crippen molar-refractivity contribution in [3.63, 3.8) is 0 Å². The molecule has 4 nitrogen and oxygen atoms in total. The number of rotatable bonds is 5. The number of hydrogen-bond acceptors (Lipinski definition) is 4. The standard InChI is InChI=1S/C16H18ClN3OS.ClH/c1-10(12-4-2-3-5-13(12)17)20(11-6-7-11)16(21)14-9-22-15(8-18)19-14;/h2-5,9-11H,6-8,18H2,1H3;1H. The van der Waals surface area contributed by atoms with Crippen molar-refractivity contribution >= 4 is 41.3 Å². The number of halogens is 2. The number of nitrogens with two attached hydrogens (primary N) is 1. The third kappa shape index (κ3) is 3.86. The molecule has 1 atom stereocenters.